The summed E-state index contributed by atoms with van der Waals surface area (Å²) in [5.74, 6) is 0.115. The summed E-state index contributed by atoms with van der Waals surface area (Å²) in [7, 11) is 0. The lowest BCUT2D eigenvalue weighted by atomic mass is 10.2. The molecule has 3 rings (SSSR count). The molecule has 0 amide bonds. The number of rotatable bonds is 8. The fourth-order valence-electron chi connectivity index (χ4n) is 2.73. The lowest BCUT2D eigenvalue weighted by Gasteiger charge is -2.10. The van der Waals surface area contributed by atoms with Crippen molar-refractivity contribution in [2.24, 2.45) is 5.16 Å². The van der Waals surface area contributed by atoms with Crippen LogP contribution in [0.3, 0.4) is 0 Å². The number of oxime groups is 1. The quantitative estimate of drug-likeness (QED) is 0.224. The Balaban J connectivity index is 1.42. The standard InChI is InChI=1S/C21H20BrN3O4/c1-15-24-19-6-3-2-5-18(19)21(27)25(15)11-4-12-28-20(26)14-29-23-13-16-7-9-17(22)10-8-16/h2-3,5-10,13H,4,11-12,14H2,1H3. The monoisotopic (exact) mass is 457 g/mol. The third-order valence-electron chi connectivity index (χ3n) is 4.17. The van der Waals surface area contributed by atoms with Gasteiger partial charge in [-0.1, -0.05) is 45.4 Å². The SMILES string of the molecule is Cc1nc2ccccc2c(=O)n1CCCOC(=O)CON=Cc1ccc(Br)cc1. The number of carbonyl (C=O) groups excluding carboxylic acids is 1. The van der Waals surface area contributed by atoms with Crippen LogP contribution in [-0.4, -0.2) is 34.9 Å². The number of para-hydroxylation sites is 1. The van der Waals surface area contributed by atoms with Crippen LogP contribution < -0.4 is 5.56 Å². The van der Waals surface area contributed by atoms with Crippen LogP contribution in [0.15, 0.2) is 63.0 Å². The van der Waals surface area contributed by atoms with Crippen molar-refractivity contribution in [1.29, 1.82) is 0 Å². The average molecular weight is 458 g/mol. The first kappa shape index (κ1) is 20.7. The number of ether oxygens (including phenoxy) is 1. The van der Waals surface area contributed by atoms with Gasteiger partial charge in [-0.25, -0.2) is 9.78 Å². The largest absolute Gasteiger partial charge is 0.463 e. The molecule has 29 heavy (non-hydrogen) atoms. The molecule has 7 nitrogen and oxygen atoms in total. The highest BCUT2D eigenvalue weighted by Crippen LogP contribution is 2.09. The Labute approximate surface area is 176 Å². The minimum atomic E-state index is -0.515. The predicted octanol–water partition coefficient (Wildman–Crippen LogP) is 3.45. The van der Waals surface area contributed by atoms with Gasteiger partial charge in [-0.15, -0.1) is 0 Å². The summed E-state index contributed by atoms with van der Waals surface area (Å²) in [5.41, 5.74) is 1.44. The Bertz CT molecular complexity index is 1080. The van der Waals surface area contributed by atoms with Crippen molar-refractivity contribution < 1.29 is 14.4 Å². The van der Waals surface area contributed by atoms with Crippen LogP contribution in [0.2, 0.25) is 0 Å². The van der Waals surface area contributed by atoms with E-state index in [0.29, 0.717) is 29.7 Å². The van der Waals surface area contributed by atoms with Gasteiger partial charge in [0.25, 0.3) is 5.56 Å². The van der Waals surface area contributed by atoms with Gasteiger partial charge in [0, 0.05) is 11.0 Å². The number of fused-ring (bicyclic) bond motifs is 1. The lowest BCUT2D eigenvalue weighted by Crippen LogP contribution is -2.25. The molecule has 3 aromatic rings. The first-order valence-corrected chi connectivity index (χ1v) is 9.86. The van der Waals surface area contributed by atoms with Crippen LogP contribution >= 0.6 is 15.9 Å². The Hall–Kier alpha value is -3.00. The molecule has 0 spiro atoms. The van der Waals surface area contributed by atoms with Gasteiger partial charge in [-0.2, -0.15) is 0 Å². The van der Waals surface area contributed by atoms with Crippen molar-refractivity contribution in [2.75, 3.05) is 13.2 Å². The smallest absolute Gasteiger partial charge is 0.347 e. The molecule has 0 saturated carbocycles. The van der Waals surface area contributed by atoms with Crippen LogP contribution in [0.4, 0.5) is 0 Å². The highest BCUT2D eigenvalue weighted by molar-refractivity contribution is 9.10. The van der Waals surface area contributed by atoms with Crippen LogP contribution in [0.25, 0.3) is 10.9 Å². The summed E-state index contributed by atoms with van der Waals surface area (Å²) in [6, 6.07) is 14.7. The Morgan fingerprint density at radius 1 is 1.21 bits per heavy atom. The molecule has 1 aromatic heterocycles. The van der Waals surface area contributed by atoms with E-state index in [4.69, 9.17) is 9.57 Å². The van der Waals surface area contributed by atoms with Gasteiger partial charge in [-0.3, -0.25) is 9.36 Å². The molecule has 8 heteroatoms. The normalized spacial score (nSPS) is 11.1. The highest BCUT2D eigenvalue weighted by atomic mass is 79.9. The molecular weight excluding hydrogens is 438 g/mol. The minimum Gasteiger partial charge on any atom is -0.463 e. The zero-order chi connectivity index (χ0) is 20.6. The van der Waals surface area contributed by atoms with Gasteiger partial charge in [0.2, 0.25) is 6.61 Å². The summed E-state index contributed by atoms with van der Waals surface area (Å²) >= 11 is 3.35. The first-order chi connectivity index (χ1) is 14.0. The lowest BCUT2D eigenvalue weighted by molar-refractivity contribution is -0.149. The number of hydrogen-bond acceptors (Lipinski definition) is 6. The van der Waals surface area contributed by atoms with Crippen LogP contribution in [0, 0.1) is 6.92 Å². The van der Waals surface area contributed by atoms with E-state index < -0.39 is 5.97 Å². The number of benzene rings is 2. The number of aryl methyl sites for hydroxylation is 1. The number of carbonyl (C=O) groups is 1. The van der Waals surface area contributed by atoms with Gasteiger partial charge >= 0.3 is 5.97 Å². The molecule has 0 aliphatic rings. The van der Waals surface area contributed by atoms with E-state index in [-0.39, 0.29) is 18.8 Å². The average Bonchev–Trinajstić information content (AvgIpc) is 2.72. The van der Waals surface area contributed by atoms with Gasteiger partial charge in [0.15, 0.2) is 0 Å². The summed E-state index contributed by atoms with van der Waals surface area (Å²) < 4.78 is 7.68. The second kappa shape index (κ2) is 9.97. The summed E-state index contributed by atoms with van der Waals surface area (Å²) in [6.07, 6.45) is 2.01. The molecule has 0 saturated heterocycles. The summed E-state index contributed by atoms with van der Waals surface area (Å²) in [5, 5.41) is 4.32. The van der Waals surface area contributed by atoms with Crippen molar-refractivity contribution in [1.82, 2.24) is 9.55 Å². The topological polar surface area (TPSA) is 82.8 Å². The molecule has 0 fully saturated rings. The van der Waals surface area contributed by atoms with E-state index in [0.717, 1.165) is 10.0 Å². The zero-order valence-corrected chi connectivity index (χ0v) is 17.5. The van der Waals surface area contributed by atoms with Gasteiger partial charge in [0.1, 0.15) is 5.82 Å². The predicted molar refractivity (Wildman–Crippen MR) is 114 cm³/mol. The number of nitrogens with zero attached hydrogens (tertiary/aromatic N) is 3. The summed E-state index contributed by atoms with van der Waals surface area (Å²) in [6.45, 7) is 2.11. The Kier molecular flexibility index (Phi) is 7.13. The molecule has 2 aromatic carbocycles. The third-order valence-corrected chi connectivity index (χ3v) is 4.70. The third kappa shape index (κ3) is 5.74. The first-order valence-electron chi connectivity index (χ1n) is 9.07. The molecule has 0 N–H and O–H groups in total. The fourth-order valence-corrected chi connectivity index (χ4v) is 2.99. The Morgan fingerprint density at radius 3 is 2.76 bits per heavy atom. The van der Waals surface area contributed by atoms with Gasteiger partial charge in [0.05, 0.1) is 23.7 Å². The van der Waals surface area contributed by atoms with E-state index in [9.17, 15) is 9.59 Å². The van der Waals surface area contributed by atoms with Gasteiger partial charge in [-0.05, 0) is 43.2 Å². The number of hydrogen-bond donors (Lipinski definition) is 0. The van der Waals surface area contributed by atoms with Crippen molar-refractivity contribution in [3.63, 3.8) is 0 Å². The van der Waals surface area contributed by atoms with Crippen molar-refractivity contribution in [2.45, 2.75) is 19.9 Å². The summed E-state index contributed by atoms with van der Waals surface area (Å²) in [4.78, 5) is 33.7. The molecule has 1 heterocycles. The zero-order valence-electron chi connectivity index (χ0n) is 15.9. The maximum Gasteiger partial charge on any atom is 0.347 e. The molecular formula is C21H20BrN3O4. The molecule has 0 atom stereocenters. The Morgan fingerprint density at radius 2 is 1.97 bits per heavy atom. The van der Waals surface area contributed by atoms with E-state index in [1.165, 1.54) is 6.21 Å². The fraction of sp³-hybridized carbons (Fsp3) is 0.238. The number of esters is 1. The van der Waals surface area contributed by atoms with Crippen molar-refractivity contribution >= 4 is 39.0 Å². The molecule has 0 aliphatic carbocycles. The maximum absolute atomic E-state index is 12.6. The number of halogens is 1. The minimum absolute atomic E-state index is 0.0926. The van der Waals surface area contributed by atoms with Crippen LogP contribution in [0.5, 0.6) is 0 Å². The van der Waals surface area contributed by atoms with Crippen LogP contribution in [0.1, 0.15) is 17.8 Å². The van der Waals surface area contributed by atoms with E-state index in [2.05, 4.69) is 26.1 Å². The van der Waals surface area contributed by atoms with E-state index >= 15 is 0 Å². The number of aromatic nitrogens is 2. The van der Waals surface area contributed by atoms with Crippen molar-refractivity contribution in [3.8, 4) is 0 Å². The maximum atomic E-state index is 12.6. The molecule has 0 radical (unpaired) electrons. The van der Waals surface area contributed by atoms with E-state index in [1.54, 1.807) is 17.6 Å². The second-order valence-electron chi connectivity index (χ2n) is 6.27. The van der Waals surface area contributed by atoms with E-state index in [1.807, 2.05) is 42.5 Å². The highest BCUT2D eigenvalue weighted by Gasteiger charge is 2.08. The second-order valence-corrected chi connectivity index (χ2v) is 7.18. The van der Waals surface area contributed by atoms with Crippen LogP contribution in [-0.2, 0) is 20.9 Å². The molecule has 0 aliphatic heterocycles. The molecule has 0 unspecified atom stereocenters. The van der Waals surface area contributed by atoms with Crippen molar-refractivity contribution in [3.05, 3.63) is 74.7 Å². The molecule has 150 valence electrons. The molecule has 0 bridgehead atoms. The van der Waals surface area contributed by atoms with Gasteiger partial charge < -0.3 is 9.57 Å².